The van der Waals surface area contributed by atoms with Crippen LogP contribution in [-0.4, -0.2) is 69.1 Å². The number of rotatable bonds is 5. The van der Waals surface area contributed by atoms with E-state index in [1.54, 1.807) is 29.6 Å². The van der Waals surface area contributed by atoms with E-state index < -0.39 is 10.0 Å². The molecular formula is C21H29N5O3S. The van der Waals surface area contributed by atoms with Gasteiger partial charge in [-0.2, -0.15) is 4.31 Å². The Labute approximate surface area is 178 Å². The Morgan fingerprint density at radius 1 is 0.867 bits per heavy atom. The second-order valence-corrected chi connectivity index (χ2v) is 9.79. The molecule has 0 spiro atoms. The lowest BCUT2D eigenvalue weighted by atomic mass is 10.2. The van der Waals surface area contributed by atoms with Crippen LogP contribution in [0, 0.1) is 13.8 Å². The molecule has 2 fully saturated rings. The van der Waals surface area contributed by atoms with E-state index in [4.69, 9.17) is 4.74 Å². The number of hydrogen-bond donors (Lipinski definition) is 0. The van der Waals surface area contributed by atoms with Crippen LogP contribution < -0.4 is 14.5 Å². The summed E-state index contributed by atoms with van der Waals surface area (Å²) in [6.45, 7) is 7.88. The summed E-state index contributed by atoms with van der Waals surface area (Å²) < 4.78 is 33.0. The van der Waals surface area contributed by atoms with E-state index >= 15 is 0 Å². The Hall–Kier alpha value is -2.39. The summed E-state index contributed by atoms with van der Waals surface area (Å²) in [5, 5.41) is 0. The summed E-state index contributed by atoms with van der Waals surface area (Å²) in [5.41, 5.74) is 0.808. The van der Waals surface area contributed by atoms with Crippen molar-refractivity contribution in [1.82, 2.24) is 14.3 Å². The van der Waals surface area contributed by atoms with E-state index in [2.05, 4.69) is 19.8 Å². The van der Waals surface area contributed by atoms with Gasteiger partial charge in [-0.25, -0.2) is 18.4 Å². The molecular weight excluding hydrogens is 402 g/mol. The fourth-order valence-electron chi connectivity index (χ4n) is 4.12. The predicted molar refractivity (Wildman–Crippen MR) is 117 cm³/mol. The second-order valence-electron chi connectivity index (χ2n) is 7.85. The highest BCUT2D eigenvalue weighted by Gasteiger charge is 2.30. The summed E-state index contributed by atoms with van der Waals surface area (Å²) in [4.78, 5) is 14.0. The van der Waals surface area contributed by atoms with Crippen molar-refractivity contribution in [1.29, 1.82) is 0 Å². The smallest absolute Gasteiger partial charge is 0.243 e. The lowest BCUT2D eigenvalue weighted by molar-refractivity contribution is 0.383. The third-order valence-corrected chi connectivity index (χ3v) is 7.70. The molecule has 3 heterocycles. The quantitative estimate of drug-likeness (QED) is 0.718. The number of sulfonamides is 1. The number of anilines is 2. The van der Waals surface area contributed by atoms with Gasteiger partial charge in [0.05, 0.1) is 12.0 Å². The van der Waals surface area contributed by atoms with Crippen molar-refractivity contribution in [2.45, 2.75) is 31.6 Å². The van der Waals surface area contributed by atoms with Crippen molar-refractivity contribution in [3.8, 4) is 5.75 Å². The molecule has 2 aliphatic heterocycles. The second kappa shape index (κ2) is 8.39. The Kier molecular flexibility index (Phi) is 5.84. The number of piperazine rings is 1. The van der Waals surface area contributed by atoms with Crippen molar-refractivity contribution in [3.63, 3.8) is 0 Å². The molecule has 0 saturated carbocycles. The number of aryl methyl sites for hydroxylation is 2. The van der Waals surface area contributed by atoms with Crippen molar-refractivity contribution >= 4 is 21.7 Å². The number of benzene rings is 1. The van der Waals surface area contributed by atoms with Gasteiger partial charge in [0.25, 0.3) is 0 Å². The first kappa shape index (κ1) is 20.9. The molecule has 0 N–H and O–H groups in total. The van der Waals surface area contributed by atoms with Gasteiger partial charge in [0.1, 0.15) is 23.2 Å². The monoisotopic (exact) mass is 431 g/mol. The van der Waals surface area contributed by atoms with Gasteiger partial charge in [-0.3, -0.25) is 0 Å². The molecule has 0 amide bonds. The number of hydrogen-bond acceptors (Lipinski definition) is 7. The first-order valence-corrected chi connectivity index (χ1v) is 11.8. The van der Waals surface area contributed by atoms with E-state index in [1.807, 2.05) is 19.9 Å². The number of nitrogens with zero attached hydrogens (tertiary/aromatic N) is 5. The predicted octanol–water partition coefficient (Wildman–Crippen LogP) is 2.21. The minimum absolute atomic E-state index is 0.309. The molecule has 0 radical (unpaired) electrons. The topological polar surface area (TPSA) is 78.9 Å². The zero-order valence-corrected chi connectivity index (χ0v) is 18.7. The zero-order chi connectivity index (χ0) is 21.3. The summed E-state index contributed by atoms with van der Waals surface area (Å²) in [7, 11) is -1.95. The SMILES string of the molecule is COc1ccc(S(=O)(=O)N2CCN(c3cc(N4CCCC4)nc(C)n3)CC2)cc1C. The summed E-state index contributed by atoms with van der Waals surface area (Å²) >= 11 is 0. The molecule has 1 aromatic heterocycles. The average Bonchev–Trinajstić information content (AvgIpc) is 3.28. The van der Waals surface area contributed by atoms with Crippen LogP contribution in [0.25, 0.3) is 0 Å². The third kappa shape index (κ3) is 4.09. The molecule has 0 bridgehead atoms. The fraction of sp³-hybridized carbons (Fsp3) is 0.524. The van der Waals surface area contributed by atoms with Gasteiger partial charge in [-0.05, 0) is 50.5 Å². The van der Waals surface area contributed by atoms with Crippen LogP contribution in [0.15, 0.2) is 29.2 Å². The highest BCUT2D eigenvalue weighted by molar-refractivity contribution is 7.89. The van der Waals surface area contributed by atoms with E-state index in [-0.39, 0.29) is 0 Å². The van der Waals surface area contributed by atoms with E-state index in [0.717, 1.165) is 36.1 Å². The minimum atomic E-state index is -3.53. The van der Waals surface area contributed by atoms with Crippen LogP contribution in [-0.2, 0) is 10.0 Å². The van der Waals surface area contributed by atoms with Crippen LogP contribution >= 0.6 is 0 Å². The van der Waals surface area contributed by atoms with Gasteiger partial charge in [-0.1, -0.05) is 0 Å². The molecule has 0 atom stereocenters. The van der Waals surface area contributed by atoms with Gasteiger partial charge in [0.2, 0.25) is 10.0 Å². The zero-order valence-electron chi connectivity index (χ0n) is 17.8. The van der Waals surface area contributed by atoms with Crippen LogP contribution in [0.3, 0.4) is 0 Å². The lowest BCUT2D eigenvalue weighted by Gasteiger charge is -2.35. The van der Waals surface area contributed by atoms with Crippen LogP contribution in [0.5, 0.6) is 5.75 Å². The molecule has 1 aromatic carbocycles. The van der Waals surface area contributed by atoms with E-state index in [1.165, 1.54) is 12.8 Å². The van der Waals surface area contributed by atoms with Crippen molar-refractivity contribution < 1.29 is 13.2 Å². The Balaban J connectivity index is 1.48. The van der Waals surface area contributed by atoms with Crippen molar-refractivity contribution in [3.05, 3.63) is 35.7 Å². The number of methoxy groups -OCH3 is 1. The fourth-order valence-corrected chi connectivity index (χ4v) is 5.63. The molecule has 2 aromatic rings. The summed E-state index contributed by atoms with van der Waals surface area (Å²) in [5.74, 6) is 3.28. The molecule has 9 heteroatoms. The standard InChI is InChI=1S/C21H29N5O3S/c1-16-14-18(6-7-19(16)29-3)30(27,28)26-12-10-25(11-13-26)21-15-20(22-17(2)23-21)24-8-4-5-9-24/h6-7,14-15H,4-5,8-13H2,1-3H3. The summed E-state index contributed by atoms with van der Waals surface area (Å²) in [6, 6.07) is 7.04. The van der Waals surface area contributed by atoms with E-state index in [9.17, 15) is 8.42 Å². The van der Waals surface area contributed by atoms with Gasteiger partial charge in [-0.15, -0.1) is 0 Å². The van der Waals surface area contributed by atoms with Crippen LogP contribution in [0.4, 0.5) is 11.6 Å². The normalized spacial score (nSPS) is 18.1. The Bertz CT molecular complexity index is 1010. The highest BCUT2D eigenvalue weighted by Crippen LogP contribution is 2.27. The molecule has 2 aliphatic rings. The largest absolute Gasteiger partial charge is 0.496 e. The van der Waals surface area contributed by atoms with Gasteiger partial charge in [0.15, 0.2) is 0 Å². The van der Waals surface area contributed by atoms with Gasteiger partial charge < -0.3 is 14.5 Å². The molecule has 4 rings (SSSR count). The molecule has 8 nitrogen and oxygen atoms in total. The average molecular weight is 432 g/mol. The van der Waals surface area contributed by atoms with Gasteiger partial charge >= 0.3 is 0 Å². The van der Waals surface area contributed by atoms with Crippen LogP contribution in [0.2, 0.25) is 0 Å². The molecule has 0 aliphatic carbocycles. The summed E-state index contributed by atoms with van der Waals surface area (Å²) in [6.07, 6.45) is 2.39. The maximum absolute atomic E-state index is 13.1. The lowest BCUT2D eigenvalue weighted by Crippen LogP contribution is -2.49. The van der Waals surface area contributed by atoms with Crippen LogP contribution in [0.1, 0.15) is 24.2 Å². The Morgan fingerprint density at radius 3 is 2.03 bits per heavy atom. The van der Waals surface area contributed by atoms with Crippen molar-refractivity contribution in [2.75, 3.05) is 56.2 Å². The number of aromatic nitrogens is 2. The van der Waals surface area contributed by atoms with E-state index in [0.29, 0.717) is 36.8 Å². The molecule has 30 heavy (non-hydrogen) atoms. The van der Waals surface area contributed by atoms with Gasteiger partial charge in [0, 0.05) is 45.3 Å². The van der Waals surface area contributed by atoms with Crippen molar-refractivity contribution in [2.24, 2.45) is 0 Å². The first-order valence-electron chi connectivity index (χ1n) is 10.4. The maximum Gasteiger partial charge on any atom is 0.243 e. The maximum atomic E-state index is 13.1. The number of ether oxygens (including phenoxy) is 1. The molecule has 0 unspecified atom stereocenters. The first-order chi connectivity index (χ1) is 14.4. The highest BCUT2D eigenvalue weighted by atomic mass is 32.2. The Morgan fingerprint density at radius 2 is 1.47 bits per heavy atom. The minimum Gasteiger partial charge on any atom is -0.496 e. The molecule has 162 valence electrons. The third-order valence-electron chi connectivity index (χ3n) is 5.81. The molecule has 2 saturated heterocycles.